The van der Waals surface area contributed by atoms with Crippen LogP contribution in [0, 0.1) is 0 Å². The van der Waals surface area contributed by atoms with Gasteiger partial charge in [-0.05, 0) is 6.07 Å². The van der Waals surface area contributed by atoms with Gasteiger partial charge in [0.1, 0.15) is 18.0 Å². The topological polar surface area (TPSA) is 122 Å². The first-order valence-electron chi connectivity index (χ1n) is 8.15. The molecule has 140 valence electrons. The second-order valence-corrected chi connectivity index (χ2v) is 6.55. The number of aliphatic hydroxyl groups is 1. The van der Waals surface area contributed by atoms with E-state index in [-0.39, 0.29) is 12.4 Å². The molecule has 0 unspecified atom stereocenters. The van der Waals surface area contributed by atoms with Crippen LogP contribution in [0.2, 0.25) is 0 Å². The molecule has 2 aromatic rings. The van der Waals surface area contributed by atoms with Gasteiger partial charge in [0.05, 0.1) is 6.20 Å². The highest BCUT2D eigenvalue weighted by Gasteiger charge is 2.59. The summed E-state index contributed by atoms with van der Waals surface area (Å²) >= 11 is 0. The van der Waals surface area contributed by atoms with Crippen molar-refractivity contribution < 1.29 is 18.6 Å². The van der Waals surface area contributed by atoms with E-state index < -0.39 is 30.0 Å². The van der Waals surface area contributed by atoms with Crippen molar-refractivity contribution >= 4 is 5.82 Å². The van der Waals surface area contributed by atoms with E-state index in [4.69, 9.17) is 10.5 Å². The summed E-state index contributed by atoms with van der Waals surface area (Å²) in [6.45, 7) is 1.26. The van der Waals surface area contributed by atoms with Crippen LogP contribution in [0.1, 0.15) is 17.5 Å². The minimum Gasteiger partial charge on any atom is -0.384 e. The summed E-state index contributed by atoms with van der Waals surface area (Å²) in [5.41, 5.74) is 6.45. The number of hydrogen-bond donors (Lipinski definition) is 3. The lowest BCUT2D eigenvalue weighted by Crippen LogP contribution is -2.44. The van der Waals surface area contributed by atoms with Crippen molar-refractivity contribution in [3.63, 3.8) is 0 Å². The van der Waals surface area contributed by atoms with Crippen molar-refractivity contribution in [3.8, 4) is 0 Å². The summed E-state index contributed by atoms with van der Waals surface area (Å²) in [5, 5.41) is 17.0. The lowest BCUT2D eigenvalue weighted by Gasteiger charge is -2.29. The molecule has 1 saturated heterocycles. The number of fused-ring (bicyclic) bond motifs is 1. The molecule has 0 bridgehead atoms. The highest BCUT2D eigenvalue weighted by molar-refractivity contribution is 5.24. The van der Waals surface area contributed by atoms with Crippen LogP contribution in [0.3, 0.4) is 0 Å². The van der Waals surface area contributed by atoms with Gasteiger partial charge in [0.2, 0.25) is 6.23 Å². The zero-order valence-electron chi connectivity index (χ0n) is 13.7. The van der Waals surface area contributed by atoms with Gasteiger partial charge in [-0.3, -0.25) is 14.6 Å². The number of hydrogen-bond acceptors (Lipinski definition) is 7. The molecule has 2 aliphatic heterocycles. The average Bonchev–Trinajstić information content (AvgIpc) is 3.13. The summed E-state index contributed by atoms with van der Waals surface area (Å²) in [6.07, 6.45) is -1.62. The second-order valence-electron chi connectivity index (χ2n) is 6.55. The van der Waals surface area contributed by atoms with Gasteiger partial charge >= 0.3 is 11.6 Å². The Morgan fingerprint density at radius 1 is 1.50 bits per heavy atom. The van der Waals surface area contributed by atoms with E-state index in [0.29, 0.717) is 24.1 Å². The van der Waals surface area contributed by atoms with Gasteiger partial charge in [-0.2, -0.15) is 18.9 Å². The maximum atomic E-state index is 14.5. The number of nitrogens with one attached hydrogen (secondary N) is 1. The van der Waals surface area contributed by atoms with Crippen molar-refractivity contribution in [2.45, 2.75) is 37.3 Å². The number of nitrogen functional groups attached to an aromatic ring is 1. The van der Waals surface area contributed by atoms with E-state index in [1.807, 2.05) is 4.90 Å². The first kappa shape index (κ1) is 17.1. The number of anilines is 1. The fraction of sp³-hybridized carbons (Fsp3) is 0.533. The fourth-order valence-electron chi connectivity index (χ4n) is 3.41. The SMILES string of the molecule is Nc1ccn([C@@H]2O[C@H](CN3CCc4[nH]ncc4C3)[C@@H](O)C2(F)F)c(=O)n1. The second kappa shape index (κ2) is 6.11. The van der Waals surface area contributed by atoms with Crippen molar-refractivity contribution in [1.29, 1.82) is 0 Å². The third-order valence-corrected chi connectivity index (χ3v) is 4.80. The maximum Gasteiger partial charge on any atom is 0.351 e. The molecule has 0 saturated carbocycles. The lowest BCUT2D eigenvalue weighted by atomic mass is 10.1. The number of alkyl halides is 2. The predicted molar refractivity (Wildman–Crippen MR) is 85.3 cm³/mol. The predicted octanol–water partition coefficient (Wildman–Crippen LogP) is -0.500. The Balaban J connectivity index is 1.53. The molecule has 4 heterocycles. The van der Waals surface area contributed by atoms with E-state index in [9.17, 15) is 18.7 Å². The highest BCUT2D eigenvalue weighted by atomic mass is 19.3. The van der Waals surface area contributed by atoms with Gasteiger partial charge in [-0.1, -0.05) is 0 Å². The minimum atomic E-state index is -3.64. The highest BCUT2D eigenvalue weighted by Crippen LogP contribution is 2.42. The maximum absolute atomic E-state index is 14.5. The minimum absolute atomic E-state index is 0.0751. The molecule has 1 fully saturated rings. The molecule has 0 amide bonds. The lowest BCUT2D eigenvalue weighted by molar-refractivity contribution is -0.140. The summed E-state index contributed by atoms with van der Waals surface area (Å²) in [5.74, 6) is -3.71. The molecule has 4 N–H and O–H groups in total. The molecular formula is C15H18F2N6O3. The van der Waals surface area contributed by atoms with Crippen LogP contribution >= 0.6 is 0 Å². The number of H-pyrrole nitrogens is 1. The van der Waals surface area contributed by atoms with Crippen LogP contribution < -0.4 is 11.4 Å². The quantitative estimate of drug-likeness (QED) is 0.668. The van der Waals surface area contributed by atoms with Gasteiger partial charge in [0.15, 0.2) is 0 Å². The van der Waals surface area contributed by atoms with E-state index in [0.717, 1.165) is 17.5 Å². The van der Waals surface area contributed by atoms with Crippen LogP contribution in [0.25, 0.3) is 0 Å². The smallest absolute Gasteiger partial charge is 0.351 e. The Morgan fingerprint density at radius 3 is 3.08 bits per heavy atom. The summed E-state index contributed by atoms with van der Waals surface area (Å²) in [6, 6.07) is 1.23. The van der Waals surface area contributed by atoms with Crippen LogP contribution in [0.4, 0.5) is 14.6 Å². The third kappa shape index (κ3) is 2.77. The van der Waals surface area contributed by atoms with Crippen molar-refractivity contribution in [3.05, 3.63) is 40.2 Å². The molecule has 4 rings (SSSR count). The van der Waals surface area contributed by atoms with Gasteiger partial charge in [0.25, 0.3) is 0 Å². The summed E-state index contributed by atoms with van der Waals surface area (Å²) < 4.78 is 35.1. The Hall–Kier alpha value is -2.37. The number of halogens is 2. The largest absolute Gasteiger partial charge is 0.384 e. The first-order chi connectivity index (χ1) is 12.4. The molecule has 3 atom stereocenters. The van der Waals surface area contributed by atoms with Crippen LogP contribution in [-0.4, -0.2) is 61.0 Å². The van der Waals surface area contributed by atoms with Crippen LogP contribution in [0.5, 0.6) is 0 Å². The Kier molecular flexibility index (Phi) is 4.01. The number of rotatable bonds is 3. The summed E-state index contributed by atoms with van der Waals surface area (Å²) in [7, 11) is 0. The zero-order valence-corrected chi connectivity index (χ0v) is 13.7. The Bertz CT molecular complexity index is 869. The Labute approximate surface area is 146 Å². The van der Waals surface area contributed by atoms with Gasteiger partial charge < -0.3 is 15.6 Å². The Morgan fingerprint density at radius 2 is 2.31 bits per heavy atom. The van der Waals surface area contributed by atoms with Crippen molar-refractivity contribution in [2.75, 3.05) is 18.8 Å². The molecular weight excluding hydrogens is 350 g/mol. The number of nitrogens with zero attached hydrogens (tertiary/aromatic N) is 4. The van der Waals surface area contributed by atoms with E-state index >= 15 is 0 Å². The first-order valence-corrected chi connectivity index (χ1v) is 8.15. The normalized spacial score (nSPS) is 28.2. The van der Waals surface area contributed by atoms with Crippen LogP contribution in [-0.2, 0) is 17.7 Å². The number of ether oxygens (including phenoxy) is 1. The number of aliphatic hydroxyl groups excluding tert-OH is 1. The van der Waals surface area contributed by atoms with E-state index in [1.165, 1.54) is 6.07 Å². The third-order valence-electron chi connectivity index (χ3n) is 4.80. The van der Waals surface area contributed by atoms with Gasteiger partial charge in [-0.15, -0.1) is 0 Å². The molecule has 0 spiro atoms. The van der Waals surface area contributed by atoms with Gasteiger partial charge in [0, 0.05) is 43.5 Å². The molecule has 0 aromatic carbocycles. The number of aromatic amines is 1. The van der Waals surface area contributed by atoms with Crippen molar-refractivity contribution in [1.82, 2.24) is 24.6 Å². The van der Waals surface area contributed by atoms with Crippen molar-refractivity contribution in [2.24, 2.45) is 0 Å². The zero-order chi connectivity index (χ0) is 18.5. The monoisotopic (exact) mass is 368 g/mol. The molecule has 2 aromatic heterocycles. The standard InChI is InChI=1S/C15H18F2N6O3/c16-15(17)12(24)10(7-22-3-1-9-8(6-22)5-19-21-9)26-13(15)23-4-2-11(18)20-14(23)25/h2,4-5,10,12-13,24H,1,3,6-7H2,(H,19,21)(H2,18,20,25)/t10-,12-,13-/m1/s1. The molecule has 0 aliphatic carbocycles. The molecule has 2 aliphatic rings. The summed E-state index contributed by atoms with van der Waals surface area (Å²) in [4.78, 5) is 17.2. The van der Waals surface area contributed by atoms with E-state index in [2.05, 4.69) is 15.2 Å². The molecule has 9 nitrogen and oxygen atoms in total. The van der Waals surface area contributed by atoms with E-state index in [1.54, 1.807) is 6.20 Å². The fourth-order valence-corrected chi connectivity index (χ4v) is 3.41. The average molecular weight is 368 g/mol. The van der Waals surface area contributed by atoms with Crippen LogP contribution in [0.15, 0.2) is 23.3 Å². The van der Waals surface area contributed by atoms with Gasteiger partial charge in [-0.25, -0.2) is 4.79 Å². The molecule has 0 radical (unpaired) electrons. The number of nitrogens with two attached hydrogens (primary N) is 1. The molecule has 26 heavy (non-hydrogen) atoms. The number of aromatic nitrogens is 4. The molecule has 11 heteroatoms.